The van der Waals surface area contributed by atoms with Crippen LogP contribution in [0, 0.1) is 5.82 Å². The van der Waals surface area contributed by atoms with Gasteiger partial charge in [-0.25, -0.2) is 4.39 Å². The van der Waals surface area contributed by atoms with Gasteiger partial charge < -0.3 is 9.73 Å². The van der Waals surface area contributed by atoms with Crippen molar-refractivity contribution in [2.45, 2.75) is 18.9 Å². The van der Waals surface area contributed by atoms with Gasteiger partial charge in [0.2, 0.25) is 0 Å². The van der Waals surface area contributed by atoms with Crippen LogP contribution in [0.2, 0.25) is 5.02 Å². The predicted octanol–water partition coefficient (Wildman–Crippen LogP) is 5.38. The van der Waals surface area contributed by atoms with E-state index < -0.39 is 0 Å². The van der Waals surface area contributed by atoms with E-state index >= 15 is 0 Å². The molecule has 3 rings (SSSR count). The number of hydrogen-bond acceptors (Lipinski definition) is 2. The Hall–Kier alpha value is -2.10. The first kappa shape index (κ1) is 16.7. The third kappa shape index (κ3) is 4.47. The quantitative estimate of drug-likeness (QED) is 0.582. The summed E-state index contributed by atoms with van der Waals surface area (Å²) in [5.41, 5.74) is 2.27. The van der Waals surface area contributed by atoms with E-state index in [4.69, 9.17) is 16.0 Å². The molecule has 2 nitrogen and oxygen atoms in total. The summed E-state index contributed by atoms with van der Waals surface area (Å²) in [6, 6.07) is 18.4. The summed E-state index contributed by atoms with van der Waals surface area (Å²) in [4.78, 5) is 0. The molecule has 1 atom stereocenters. The van der Waals surface area contributed by atoms with Crippen molar-refractivity contribution in [1.29, 1.82) is 0 Å². The fourth-order valence-electron chi connectivity index (χ4n) is 2.79. The highest BCUT2D eigenvalue weighted by atomic mass is 35.5. The molecule has 1 heterocycles. The molecule has 2 aromatic carbocycles. The molecule has 0 fully saturated rings. The lowest BCUT2D eigenvalue weighted by molar-refractivity contribution is 0.478. The monoisotopic (exact) mass is 343 g/mol. The number of furan rings is 1. The molecule has 0 amide bonds. The maximum absolute atomic E-state index is 13.2. The van der Waals surface area contributed by atoms with E-state index in [-0.39, 0.29) is 11.7 Å². The molecular formula is C20H19ClFNO. The van der Waals surface area contributed by atoms with Gasteiger partial charge in [-0.1, -0.05) is 35.9 Å². The molecule has 0 saturated carbocycles. The minimum atomic E-state index is -0.218. The van der Waals surface area contributed by atoms with Crippen LogP contribution in [0.25, 0.3) is 0 Å². The van der Waals surface area contributed by atoms with Gasteiger partial charge in [-0.3, -0.25) is 0 Å². The average Bonchev–Trinajstić information content (AvgIpc) is 3.11. The second-order valence-electron chi connectivity index (χ2n) is 5.70. The maximum atomic E-state index is 13.2. The van der Waals surface area contributed by atoms with Gasteiger partial charge in [-0.05, 0) is 60.5 Å². The van der Waals surface area contributed by atoms with Gasteiger partial charge in [-0.15, -0.1) is 0 Å². The summed E-state index contributed by atoms with van der Waals surface area (Å²) < 4.78 is 18.5. The van der Waals surface area contributed by atoms with E-state index in [2.05, 4.69) is 5.32 Å². The molecule has 0 aliphatic rings. The van der Waals surface area contributed by atoms with E-state index in [1.54, 1.807) is 6.26 Å². The molecule has 0 radical (unpaired) electrons. The molecule has 24 heavy (non-hydrogen) atoms. The second-order valence-corrected chi connectivity index (χ2v) is 6.14. The van der Waals surface area contributed by atoms with E-state index in [0.29, 0.717) is 11.6 Å². The van der Waals surface area contributed by atoms with E-state index in [1.165, 1.54) is 17.7 Å². The predicted molar refractivity (Wildman–Crippen MR) is 94.7 cm³/mol. The van der Waals surface area contributed by atoms with Crippen LogP contribution in [0.15, 0.2) is 71.3 Å². The van der Waals surface area contributed by atoms with Gasteiger partial charge in [0.15, 0.2) is 0 Å². The molecule has 3 aromatic rings. The van der Waals surface area contributed by atoms with E-state index in [9.17, 15) is 4.39 Å². The fourth-order valence-corrected chi connectivity index (χ4v) is 2.91. The first-order chi connectivity index (χ1) is 11.7. The van der Waals surface area contributed by atoms with Crippen LogP contribution >= 0.6 is 11.6 Å². The number of hydrogen-bond donors (Lipinski definition) is 1. The minimum absolute atomic E-state index is 0.187. The number of benzene rings is 2. The van der Waals surface area contributed by atoms with Gasteiger partial charge in [0.25, 0.3) is 0 Å². The van der Waals surface area contributed by atoms with Crippen LogP contribution in [-0.2, 0) is 6.54 Å². The lowest BCUT2D eigenvalue weighted by atomic mass is 9.88. The van der Waals surface area contributed by atoms with Gasteiger partial charge in [-0.2, -0.15) is 0 Å². The second kappa shape index (κ2) is 8.13. The zero-order valence-electron chi connectivity index (χ0n) is 13.2. The third-order valence-corrected chi connectivity index (χ3v) is 4.29. The van der Waals surface area contributed by atoms with Crippen molar-refractivity contribution in [3.05, 3.63) is 94.7 Å². The third-order valence-electron chi connectivity index (χ3n) is 4.03. The Morgan fingerprint density at radius 1 is 0.958 bits per heavy atom. The lowest BCUT2D eigenvalue weighted by Gasteiger charge is -2.18. The highest BCUT2D eigenvalue weighted by Gasteiger charge is 2.14. The van der Waals surface area contributed by atoms with E-state index in [0.717, 1.165) is 24.3 Å². The first-order valence-corrected chi connectivity index (χ1v) is 8.34. The minimum Gasteiger partial charge on any atom is -0.468 e. The molecule has 0 bridgehead atoms. The van der Waals surface area contributed by atoms with Gasteiger partial charge in [0.05, 0.1) is 12.8 Å². The Bertz CT molecular complexity index is 693. The van der Waals surface area contributed by atoms with Crippen molar-refractivity contribution in [2.24, 2.45) is 0 Å². The smallest absolute Gasteiger partial charge is 0.123 e. The van der Waals surface area contributed by atoms with Crippen LogP contribution in [0.4, 0.5) is 4.39 Å². The average molecular weight is 344 g/mol. The Morgan fingerprint density at radius 2 is 1.62 bits per heavy atom. The van der Waals surface area contributed by atoms with Crippen LogP contribution in [0.3, 0.4) is 0 Å². The summed E-state index contributed by atoms with van der Waals surface area (Å²) in [6.07, 6.45) is 2.57. The van der Waals surface area contributed by atoms with Crippen LogP contribution in [0.1, 0.15) is 29.2 Å². The molecule has 0 unspecified atom stereocenters. The summed E-state index contributed by atoms with van der Waals surface area (Å²) >= 11 is 5.99. The zero-order chi connectivity index (χ0) is 16.8. The Balaban J connectivity index is 1.69. The van der Waals surface area contributed by atoms with Crippen molar-refractivity contribution < 1.29 is 8.81 Å². The van der Waals surface area contributed by atoms with Gasteiger partial charge in [0.1, 0.15) is 11.6 Å². The molecule has 124 valence electrons. The molecular weight excluding hydrogens is 325 g/mol. The number of halogens is 2. The van der Waals surface area contributed by atoms with Gasteiger partial charge >= 0.3 is 0 Å². The van der Waals surface area contributed by atoms with Crippen molar-refractivity contribution in [3.63, 3.8) is 0 Å². The lowest BCUT2D eigenvalue weighted by Crippen LogP contribution is -2.17. The summed E-state index contributed by atoms with van der Waals surface area (Å²) in [6.45, 7) is 1.52. The molecule has 0 aliphatic heterocycles. The van der Waals surface area contributed by atoms with Crippen molar-refractivity contribution in [2.75, 3.05) is 6.54 Å². The Morgan fingerprint density at radius 3 is 2.25 bits per heavy atom. The zero-order valence-corrected chi connectivity index (χ0v) is 14.0. The topological polar surface area (TPSA) is 25.2 Å². The normalized spacial score (nSPS) is 12.2. The maximum Gasteiger partial charge on any atom is 0.123 e. The van der Waals surface area contributed by atoms with Crippen LogP contribution < -0.4 is 5.32 Å². The standard InChI is InChI=1S/C20H19ClFNO/c21-17-7-3-15(4-8-17)20(16-5-9-18(22)10-6-16)11-12-23-14-19-2-1-13-24-19/h1-10,13,20,23H,11-12,14H2/t20-/m0/s1. The van der Waals surface area contributed by atoms with E-state index in [1.807, 2.05) is 48.5 Å². The van der Waals surface area contributed by atoms with Crippen LogP contribution in [0.5, 0.6) is 0 Å². The van der Waals surface area contributed by atoms with Crippen molar-refractivity contribution in [1.82, 2.24) is 5.32 Å². The fraction of sp³-hybridized carbons (Fsp3) is 0.200. The first-order valence-electron chi connectivity index (χ1n) is 7.96. The highest BCUT2D eigenvalue weighted by molar-refractivity contribution is 6.30. The molecule has 0 aliphatic carbocycles. The SMILES string of the molecule is Fc1ccc([C@@H](CCNCc2ccco2)c2ccc(Cl)cc2)cc1. The molecule has 4 heteroatoms. The van der Waals surface area contributed by atoms with Gasteiger partial charge in [0, 0.05) is 10.9 Å². The Kier molecular flexibility index (Phi) is 5.68. The molecule has 1 N–H and O–H groups in total. The molecule has 0 saturated heterocycles. The van der Waals surface area contributed by atoms with Crippen molar-refractivity contribution >= 4 is 11.6 Å². The van der Waals surface area contributed by atoms with Crippen LogP contribution in [-0.4, -0.2) is 6.54 Å². The molecule has 1 aromatic heterocycles. The summed E-state index contributed by atoms with van der Waals surface area (Å²) in [7, 11) is 0. The largest absolute Gasteiger partial charge is 0.468 e. The number of nitrogens with one attached hydrogen (secondary N) is 1. The molecule has 0 spiro atoms. The van der Waals surface area contributed by atoms with Crippen molar-refractivity contribution in [3.8, 4) is 0 Å². The highest BCUT2D eigenvalue weighted by Crippen LogP contribution is 2.29. The number of rotatable bonds is 7. The summed E-state index contributed by atoms with van der Waals surface area (Å²) in [5.74, 6) is 0.886. The Labute approximate surface area is 146 Å². The summed E-state index contributed by atoms with van der Waals surface area (Å²) in [5, 5.41) is 4.10.